The van der Waals surface area contributed by atoms with Crippen LogP contribution in [0.5, 0.6) is 11.5 Å². The number of carbonyl (C=O) groups is 1. The third kappa shape index (κ3) is 5.16. The van der Waals surface area contributed by atoms with Crippen molar-refractivity contribution < 1.29 is 14.3 Å². The van der Waals surface area contributed by atoms with Gasteiger partial charge >= 0.3 is 0 Å². The van der Waals surface area contributed by atoms with Gasteiger partial charge in [0.2, 0.25) is 5.91 Å². The van der Waals surface area contributed by atoms with Crippen molar-refractivity contribution in [2.24, 2.45) is 5.41 Å². The summed E-state index contributed by atoms with van der Waals surface area (Å²) >= 11 is 3.24. The number of aromatic nitrogens is 1. The summed E-state index contributed by atoms with van der Waals surface area (Å²) in [6, 6.07) is 9.97. The number of amides is 1. The monoisotopic (exact) mass is 430 g/mol. The van der Waals surface area contributed by atoms with Crippen LogP contribution in [0.4, 0.5) is 0 Å². The number of rotatable bonds is 7. The molecule has 0 bridgehead atoms. The Bertz CT molecular complexity index is 986. The number of nitrogens with one attached hydrogen (secondary N) is 1. The lowest BCUT2D eigenvalue weighted by atomic mass is 9.96. The second-order valence-corrected chi connectivity index (χ2v) is 9.56. The quantitative estimate of drug-likeness (QED) is 0.529. The molecule has 1 aromatic carbocycles. The molecule has 0 aliphatic rings. The van der Waals surface area contributed by atoms with Crippen molar-refractivity contribution in [2.75, 3.05) is 13.7 Å². The average Bonchev–Trinajstić information content (AvgIpc) is 3.35. The Hall–Kier alpha value is -2.38. The number of ether oxygens (including phenoxy) is 2. The molecule has 0 saturated carbocycles. The number of carbonyl (C=O) groups excluding carboxylic acids is 1. The smallest absolute Gasteiger partial charge is 0.225 e. The van der Waals surface area contributed by atoms with Crippen LogP contribution in [0.1, 0.15) is 32.6 Å². The Labute approximate surface area is 179 Å². The van der Waals surface area contributed by atoms with Gasteiger partial charge in [0.1, 0.15) is 5.01 Å². The first-order valence-electron chi connectivity index (χ1n) is 9.46. The van der Waals surface area contributed by atoms with Gasteiger partial charge in [0.15, 0.2) is 11.5 Å². The fourth-order valence-electron chi connectivity index (χ4n) is 2.64. The third-order valence-electron chi connectivity index (χ3n) is 4.23. The zero-order valence-corrected chi connectivity index (χ0v) is 19.0. The highest BCUT2D eigenvalue weighted by Crippen LogP contribution is 2.36. The number of methoxy groups -OCH3 is 1. The molecule has 0 fully saturated rings. The first-order chi connectivity index (χ1) is 13.8. The molecule has 3 aromatic rings. The molecule has 154 valence electrons. The lowest BCUT2D eigenvalue weighted by molar-refractivity contribution is -0.128. The molecule has 0 aliphatic heterocycles. The molecular weight excluding hydrogens is 404 g/mol. The first-order valence-corrected chi connectivity index (χ1v) is 11.2. The van der Waals surface area contributed by atoms with Crippen molar-refractivity contribution in [2.45, 2.75) is 34.2 Å². The molecule has 3 rings (SSSR count). The van der Waals surface area contributed by atoms with E-state index in [0.717, 1.165) is 31.8 Å². The van der Waals surface area contributed by atoms with Crippen LogP contribution >= 0.6 is 22.7 Å². The highest BCUT2D eigenvalue weighted by molar-refractivity contribution is 7.16. The van der Waals surface area contributed by atoms with Gasteiger partial charge in [0.25, 0.3) is 0 Å². The summed E-state index contributed by atoms with van der Waals surface area (Å²) in [6.07, 6.45) is 0. The maximum Gasteiger partial charge on any atom is 0.225 e. The van der Waals surface area contributed by atoms with Crippen LogP contribution in [0.2, 0.25) is 0 Å². The normalized spacial score (nSPS) is 11.3. The Balaban J connectivity index is 1.74. The number of nitrogens with zero attached hydrogens (tertiary/aromatic N) is 1. The van der Waals surface area contributed by atoms with Gasteiger partial charge in [-0.3, -0.25) is 4.79 Å². The van der Waals surface area contributed by atoms with Gasteiger partial charge in [-0.1, -0.05) is 20.8 Å². The predicted molar refractivity (Wildman–Crippen MR) is 120 cm³/mol. The molecule has 1 N–H and O–H groups in total. The van der Waals surface area contributed by atoms with E-state index in [1.807, 2.05) is 52.0 Å². The van der Waals surface area contributed by atoms with E-state index in [4.69, 9.17) is 14.5 Å². The van der Waals surface area contributed by atoms with Crippen molar-refractivity contribution in [1.29, 1.82) is 0 Å². The van der Waals surface area contributed by atoms with Gasteiger partial charge in [-0.2, -0.15) is 0 Å². The Morgan fingerprint density at radius 3 is 2.66 bits per heavy atom. The van der Waals surface area contributed by atoms with Gasteiger partial charge in [-0.25, -0.2) is 4.98 Å². The molecule has 2 aromatic heterocycles. The summed E-state index contributed by atoms with van der Waals surface area (Å²) in [5.74, 6) is 1.48. The minimum absolute atomic E-state index is 0.0489. The highest BCUT2D eigenvalue weighted by atomic mass is 32.1. The number of benzene rings is 1. The molecule has 29 heavy (non-hydrogen) atoms. The van der Waals surface area contributed by atoms with Crippen LogP contribution in [0.3, 0.4) is 0 Å². The Kier molecular flexibility index (Phi) is 6.59. The van der Waals surface area contributed by atoms with E-state index in [0.29, 0.717) is 18.9 Å². The van der Waals surface area contributed by atoms with Crippen molar-refractivity contribution in [3.8, 4) is 32.6 Å². The summed E-state index contributed by atoms with van der Waals surface area (Å²) in [4.78, 5) is 19.0. The molecule has 0 aliphatic carbocycles. The Morgan fingerprint density at radius 1 is 1.17 bits per heavy atom. The van der Waals surface area contributed by atoms with Crippen molar-refractivity contribution in [3.63, 3.8) is 0 Å². The number of thiophene rings is 1. The largest absolute Gasteiger partial charge is 0.493 e. The summed E-state index contributed by atoms with van der Waals surface area (Å²) in [7, 11) is 1.64. The second-order valence-electron chi connectivity index (χ2n) is 7.54. The number of hydrogen-bond donors (Lipinski definition) is 1. The molecule has 2 heterocycles. The zero-order valence-electron chi connectivity index (χ0n) is 17.4. The third-order valence-corrected chi connectivity index (χ3v) is 6.23. The fraction of sp³-hybridized carbons (Fsp3) is 0.364. The molecule has 0 unspecified atom stereocenters. The molecule has 1 amide bonds. The molecule has 0 spiro atoms. The second kappa shape index (κ2) is 8.97. The average molecular weight is 431 g/mol. The van der Waals surface area contributed by atoms with Gasteiger partial charge in [0.05, 0.1) is 30.8 Å². The summed E-state index contributed by atoms with van der Waals surface area (Å²) < 4.78 is 11.0. The van der Waals surface area contributed by atoms with E-state index in [-0.39, 0.29) is 11.3 Å². The van der Waals surface area contributed by atoms with Crippen molar-refractivity contribution in [1.82, 2.24) is 10.3 Å². The van der Waals surface area contributed by atoms with Crippen molar-refractivity contribution >= 4 is 28.6 Å². The van der Waals surface area contributed by atoms with Crippen LogP contribution in [0.25, 0.3) is 21.1 Å². The van der Waals surface area contributed by atoms with Crippen molar-refractivity contribution in [3.05, 3.63) is 40.6 Å². The van der Waals surface area contributed by atoms with Crippen LogP contribution in [-0.4, -0.2) is 24.6 Å². The lowest BCUT2D eigenvalue weighted by Crippen LogP contribution is -2.34. The fourth-order valence-corrected chi connectivity index (χ4v) is 4.44. The topological polar surface area (TPSA) is 60.5 Å². The van der Waals surface area contributed by atoms with E-state index in [9.17, 15) is 4.79 Å². The van der Waals surface area contributed by atoms with Gasteiger partial charge in [-0.05, 0) is 37.3 Å². The molecular formula is C22H26N2O3S2. The maximum absolute atomic E-state index is 12.1. The van der Waals surface area contributed by atoms with E-state index in [2.05, 4.69) is 16.8 Å². The Morgan fingerprint density at radius 2 is 1.97 bits per heavy atom. The van der Waals surface area contributed by atoms with Crippen LogP contribution < -0.4 is 14.8 Å². The summed E-state index contributed by atoms with van der Waals surface area (Å²) in [5.41, 5.74) is 1.55. The SMILES string of the molecule is CCOc1ccc(-c2nc(-c3ccc(CNC(=O)C(C)(C)C)s3)cs2)cc1OC. The number of hydrogen-bond acceptors (Lipinski definition) is 6. The van der Waals surface area contributed by atoms with Gasteiger partial charge in [0, 0.05) is 21.2 Å². The van der Waals surface area contributed by atoms with Crippen LogP contribution in [0, 0.1) is 5.41 Å². The van der Waals surface area contributed by atoms with Crippen LogP contribution in [-0.2, 0) is 11.3 Å². The minimum Gasteiger partial charge on any atom is -0.493 e. The van der Waals surface area contributed by atoms with Gasteiger partial charge < -0.3 is 14.8 Å². The molecule has 7 heteroatoms. The van der Waals surface area contributed by atoms with Gasteiger partial charge in [-0.15, -0.1) is 22.7 Å². The lowest BCUT2D eigenvalue weighted by Gasteiger charge is -2.17. The molecule has 5 nitrogen and oxygen atoms in total. The molecule has 0 atom stereocenters. The first kappa shape index (κ1) is 21.3. The van der Waals surface area contributed by atoms with E-state index >= 15 is 0 Å². The van der Waals surface area contributed by atoms with E-state index in [1.165, 1.54) is 0 Å². The molecule has 0 saturated heterocycles. The maximum atomic E-state index is 12.1. The number of thiazole rings is 1. The minimum atomic E-state index is -0.386. The standard InChI is InChI=1S/C22H26N2O3S2/c1-6-27-17-9-7-14(11-18(17)26-5)20-24-16(13-28-20)19-10-8-15(29-19)12-23-21(25)22(2,3)4/h7-11,13H,6,12H2,1-5H3,(H,23,25). The highest BCUT2D eigenvalue weighted by Gasteiger charge is 2.21. The zero-order chi connectivity index (χ0) is 21.0. The van der Waals surface area contributed by atoms with E-state index < -0.39 is 0 Å². The molecule has 0 radical (unpaired) electrons. The summed E-state index contributed by atoms with van der Waals surface area (Å²) in [6.45, 7) is 8.81. The van der Waals surface area contributed by atoms with Crippen LogP contribution in [0.15, 0.2) is 35.7 Å². The predicted octanol–water partition coefficient (Wildman–Crippen LogP) is 5.61. The van der Waals surface area contributed by atoms with E-state index in [1.54, 1.807) is 29.8 Å². The summed E-state index contributed by atoms with van der Waals surface area (Å²) in [5, 5.41) is 5.98.